The summed E-state index contributed by atoms with van der Waals surface area (Å²) in [4.78, 5) is 23.6. The molecule has 23 heavy (non-hydrogen) atoms. The molecule has 1 aliphatic rings. The summed E-state index contributed by atoms with van der Waals surface area (Å²) < 4.78 is 0. The summed E-state index contributed by atoms with van der Waals surface area (Å²) in [6.07, 6.45) is 5.32. The maximum Gasteiger partial charge on any atom is 0.267 e. The molecule has 0 spiro atoms. The molecule has 0 aliphatic carbocycles. The number of carbonyl (C=O) groups excluding carboxylic acids is 1. The van der Waals surface area contributed by atoms with Crippen molar-refractivity contribution in [3.05, 3.63) is 64.5 Å². The van der Waals surface area contributed by atoms with E-state index in [1.807, 2.05) is 42.6 Å². The fraction of sp³-hybridized carbons (Fsp3) is 0.118. The number of carbonyl (C=O) groups is 1. The van der Waals surface area contributed by atoms with Crippen LogP contribution in [0.15, 0.2) is 58.4 Å². The van der Waals surface area contributed by atoms with Gasteiger partial charge in [0, 0.05) is 18.1 Å². The third-order valence-electron chi connectivity index (χ3n) is 3.29. The zero-order valence-electron chi connectivity index (χ0n) is 12.6. The Morgan fingerprint density at radius 1 is 1.39 bits per heavy atom. The van der Waals surface area contributed by atoms with Crippen LogP contribution in [0.2, 0.25) is 0 Å². The minimum absolute atomic E-state index is 0.0477. The van der Waals surface area contributed by atoms with Crippen molar-refractivity contribution >= 4 is 45.4 Å². The van der Waals surface area contributed by atoms with Gasteiger partial charge in [0.05, 0.1) is 4.91 Å². The molecular formula is C17H15N3OS2. The number of nitrogens with zero attached hydrogens (tertiary/aromatic N) is 3. The Hall–Kier alpha value is -2.18. The number of rotatable bonds is 4. The predicted octanol–water partition coefficient (Wildman–Crippen LogP) is 4.24. The van der Waals surface area contributed by atoms with Gasteiger partial charge in [-0.3, -0.25) is 9.69 Å². The van der Waals surface area contributed by atoms with E-state index in [-0.39, 0.29) is 5.91 Å². The Labute approximate surface area is 143 Å². The number of thiazole rings is 1. The maximum absolute atomic E-state index is 12.6. The van der Waals surface area contributed by atoms with E-state index < -0.39 is 0 Å². The molecule has 1 aromatic carbocycles. The van der Waals surface area contributed by atoms with Crippen LogP contribution < -0.4 is 0 Å². The van der Waals surface area contributed by atoms with Gasteiger partial charge in [0.15, 0.2) is 5.17 Å². The molecular weight excluding hydrogens is 326 g/mol. The topological polar surface area (TPSA) is 45.6 Å². The molecule has 4 nitrogen and oxygen atoms in total. The van der Waals surface area contributed by atoms with E-state index >= 15 is 0 Å². The fourth-order valence-electron chi connectivity index (χ4n) is 2.12. The first-order chi connectivity index (χ1) is 11.2. The first kappa shape index (κ1) is 15.7. The van der Waals surface area contributed by atoms with Gasteiger partial charge in [0.2, 0.25) is 5.13 Å². The van der Waals surface area contributed by atoms with Crippen molar-refractivity contribution in [2.75, 3.05) is 6.54 Å². The zero-order chi connectivity index (χ0) is 16.2. The van der Waals surface area contributed by atoms with Crippen LogP contribution in [0.4, 0.5) is 5.13 Å². The van der Waals surface area contributed by atoms with Crippen molar-refractivity contribution < 1.29 is 4.79 Å². The predicted molar refractivity (Wildman–Crippen MR) is 97.9 cm³/mol. The normalized spacial score (nSPS) is 18.1. The monoisotopic (exact) mass is 341 g/mol. The largest absolute Gasteiger partial charge is 0.282 e. The average molecular weight is 341 g/mol. The van der Waals surface area contributed by atoms with Crippen LogP contribution in [-0.4, -0.2) is 27.5 Å². The molecule has 1 saturated heterocycles. The molecule has 6 heteroatoms. The summed E-state index contributed by atoms with van der Waals surface area (Å²) in [5, 5.41) is 3.15. The summed E-state index contributed by atoms with van der Waals surface area (Å²) in [6.45, 7) is 6.18. The Morgan fingerprint density at radius 3 is 2.91 bits per heavy atom. The molecule has 0 bridgehead atoms. The van der Waals surface area contributed by atoms with Crippen molar-refractivity contribution in [2.24, 2.45) is 4.99 Å². The summed E-state index contributed by atoms with van der Waals surface area (Å²) in [7, 11) is 0. The van der Waals surface area contributed by atoms with Crippen LogP contribution in [0.25, 0.3) is 6.08 Å². The number of hydrogen-bond acceptors (Lipinski definition) is 5. The summed E-state index contributed by atoms with van der Waals surface area (Å²) >= 11 is 2.82. The molecule has 0 radical (unpaired) electrons. The van der Waals surface area contributed by atoms with Gasteiger partial charge in [0.25, 0.3) is 5.91 Å². The summed E-state index contributed by atoms with van der Waals surface area (Å²) in [5.74, 6) is -0.0477. The van der Waals surface area contributed by atoms with E-state index in [4.69, 9.17) is 0 Å². The third kappa shape index (κ3) is 3.43. The van der Waals surface area contributed by atoms with Crippen molar-refractivity contribution in [1.82, 2.24) is 9.88 Å². The highest BCUT2D eigenvalue weighted by Crippen LogP contribution is 2.34. The fourth-order valence-corrected chi connectivity index (χ4v) is 3.67. The lowest BCUT2D eigenvalue weighted by Crippen LogP contribution is -2.29. The second kappa shape index (κ2) is 6.93. The molecule has 0 atom stereocenters. The van der Waals surface area contributed by atoms with Crippen LogP contribution >= 0.6 is 23.1 Å². The van der Waals surface area contributed by atoms with Gasteiger partial charge in [-0.25, -0.2) is 4.98 Å². The number of benzene rings is 1. The van der Waals surface area contributed by atoms with Gasteiger partial charge in [0.1, 0.15) is 0 Å². The molecule has 0 saturated carbocycles. The Bertz CT molecular complexity index is 794. The Balaban J connectivity index is 1.96. The summed E-state index contributed by atoms with van der Waals surface area (Å²) in [6, 6.07) is 7.99. The molecule has 0 unspecified atom stereocenters. The van der Waals surface area contributed by atoms with Crippen LogP contribution in [0.3, 0.4) is 0 Å². The zero-order valence-corrected chi connectivity index (χ0v) is 14.2. The molecule has 1 aliphatic heterocycles. The number of aromatic nitrogens is 1. The number of hydrogen-bond donors (Lipinski definition) is 0. The van der Waals surface area contributed by atoms with Crippen LogP contribution in [0.5, 0.6) is 0 Å². The quantitative estimate of drug-likeness (QED) is 0.617. The highest BCUT2D eigenvalue weighted by molar-refractivity contribution is 8.18. The lowest BCUT2D eigenvalue weighted by molar-refractivity contribution is -0.121. The highest BCUT2D eigenvalue weighted by Gasteiger charge is 2.32. The Morgan fingerprint density at radius 2 is 2.22 bits per heavy atom. The minimum Gasteiger partial charge on any atom is -0.282 e. The van der Waals surface area contributed by atoms with Gasteiger partial charge < -0.3 is 0 Å². The van der Waals surface area contributed by atoms with Crippen molar-refractivity contribution in [2.45, 2.75) is 6.92 Å². The van der Waals surface area contributed by atoms with Crippen LogP contribution in [-0.2, 0) is 4.79 Å². The second-order valence-corrected chi connectivity index (χ2v) is 6.76. The van der Waals surface area contributed by atoms with Gasteiger partial charge in [-0.05, 0) is 35.9 Å². The van der Waals surface area contributed by atoms with Gasteiger partial charge >= 0.3 is 0 Å². The SMILES string of the molecule is C=CCN1C(=O)/C(=C/c2ccccc2C)S/C1=N/c1nccs1. The van der Waals surface area contributed by atoms with Crippen LogP contribution in [0.1, 0.15) is 11.1 Å². The third-order valence-corrected chi connectivity index (χ3v) is 4.96. The van der Waals surface area contributed by atoms with E-state index in [1.54, 1.807) is 17.2 Å². The molecule has 2 aromatic rings. The van der Waals surface area contributed by atoms with Gasteiger partial charge in [-0.15, -0.1) is 17.9 Å². The van der Waals surface area contributed by atoms with Crippen molar-refractivity contribution in [3.8, 4) is 0 Å². The van der Waals surface area contributed by atoms with E-state index in [9.17, 15) is 4.79 Å². The van der Waals surface area contributed by atoms with Crippen molar-refractivity contribution in [1.29, 1.82) is 0 Å². The molecule has 1 amide bonds. The van der Waals surface area contributed by atoms with E-state index in [0.717, 1.165) is 11.1 Å². The number of aryl methyl sites for hydroxylation is 1. The first-order valence-corrected chi connectivity index (χ1v) is 8.75. The van der Waals surface area contributed by atoms with E-state index in [2.05, 4.69) is 16.6 Å². The molecule has 1 fully saturated rings. The second-order valence-electron chi connectivity index (χ2n) is 4.88. The highest BCUT2D eigenvalue weighted by atomic mass is 32.2. The molecule has 3 rings (SSSR count). The number of thioether (sulfide) groups is 1. The number of amidine groups is 1. The molecule has 0 N–H and O–H groups in total. The molecule has 2 heterocycles. The number of amides is 1. The lowest BCUT2D eigenvalue weighted by atomic mass is 10.1. The molecule has 1 aromatic heterocycles. The summed E-state index contributed by atoms with van der Waals surface area (Å²) in [5.41, 5.74) is 2.17. The van der Waals surface area contributed by atoms with Gasteiger partial charge in [-0.1, -0.05) is 30.3 Å². The average Bonchev–Trinajstić information content (AvgIpc) is 3.14. The van der Waals surface area contributed by atoms with Crippen LogP contribution in [0, 0.1) is 6.92 Å². The van der Waals surface area contributed by atoms with Crippen molar-refractivity contribution in [3.63, 3.8) is 0 Å². The first-order valence-electron chi connectivity index (χ1n) is 7.05. The minimum atomic E-state index is -0.0477. The maximum atomic E-state index is 12.6. The Kier molecular flexibility index (Phi) is 4.73. The number of aliphatic imine (C=N–C) groups is 1. The standard InChI is InChI=1S/C17H15N3OS2/c1-3-9-20-15(21)14(11-13-7-5-4-6-12(13)2)23-17(20)19-16-18-8-10-22-16/h3-8,10-11H,1,9H2,2H3/b14-11-,19-17+. The van der Waals surface area contributed by atoms with E-state index in [0.29, 0.717) is 21.7 Å². The molecule has 116 valence electrons. The lowest BCUT2D eigenvalue weighted by Gasteiger charge is -2.11. The smallest absolute Gasteiger partial charge is 0.267 e. The van der Waals surface area contributed by atoms with Gasteiger partial charge in [-0.2, -0.15) is 4.99 Å². The van der Waals surface area contributed by atoms with E-state index in [1.165, 1.54) is 23.1 Å².